The first-order chi connectivity index (χ1) is 14.3. The van der Waals surface area contributed by atoms with Crippen molar-refractivity contribution in [2.24, 2.45) is 11.5 Å². The molecule has 170 valence electrons. The van der Waals surface area contributed by atoms with E-state index in [1.54, 1.807) is 4.90 Å². The Morgan fingerprint density at radius 3 is 1.90 bits per heavy atom. The molecular formula is C20H39N3O6. The van der Waals surface area contributed by atoms with E-state index in [4.69, 9.17) is 41.6 Å². The fraction of sp³-hybridized carbons (Fsp3) is 0.850. The Morgan fingerprint density at radius 1 is 0.724 bits per heavy atom. The predicted molar refractivity (Wildman–Crippen MR) is 111 cm³/mol. The van der Waals surface area contributed by atoms with Crippen molar-refractivity contribution in [2.45, 2.75) is 19.3 Å². The zero-order valence-electron chi connectivity index (χ0n) is 17.6. The van der Waals surface area contributed by atoms with Crippen molar-refractivity contribution >= 4 is 5.91 Å². The standard InChI is InChI=1S/C20H39N3O6/c1-2-10-25-14-16-28-18-19-29-17-15-26-11-5-20(24)23(8-4-3-6-21)9-13-27-12-7-22/h1H,3-19,21-22H2. The average molecular weight is 418 g/mol. The number of carbonyl (C=O) groups is 1. The molecule has 0 aliphatic heterocycles. The van der Waals surface area contributed by atoms with Crippen LogP contribution in [-0.2, 0) is 28.5 Å². The van der Waals surface area contributed by atoms with Gasteiger partial charge in [-0.25, -0.2) is 0 Å². The molecule has 0 unspecified atom stereocenters. The molecule has 0 spiro atoms. The van der Waals surface area contributed by atoms with Gasteiger partial charge in [0, 0.05) is 19.6 Å². The minimum Gasteiger partial charge on any atom is -0.379 e. The molecule has 0 radical (unpaired) electrons. The lowest BCUT2D eigenvalue weighted by Gasteiger charge is -2.22. The normalized spacial score (nSPS) is 10.8. The van der Waals surface area contributed by atoms with Crippen LogP contribution in [0, 0.1) is 12.3 Å². The van der Waals surface area contributed by atoms with Crippen LogP contribution >= 0.6 is 0 Å². The highest BCUT2D eigenvalue weighted by Crippen LogP contribution is 2.00. The Morgan fingerprint density at radius 2 is 1.31 bits per heavy atom. The molecule has 0 heterocycles. The molecule has 0 rings (SSSR count). The number of hydrogen-bond acceptors (Lipinski definition) is 8. The number of amides is 1. The Kier molecular flexibility index (Phi) is 22.0. The van der Waals surface area contributed by atoms with Gasteiger partial charge in [0.2, 0.25) is 5.91 Å². The second-order valence-electron chi connectivity index (χ2n) is 6.12. The lowest BCUT2D eigenvalue weighted by atomic mass is 10.2. The van der Waals surface area contributed by atoms with Gasteiger partial charge in [-0.15, -0.1) is 6.42 Å². The second-order valence-corrected chi connectivity index (χ2v) is 6.12. The smallest absolute Gasteiger partial charge is 0.224 e. The van der Waals surface area contributed by atoms with Crippen LogP contribution in [0.1, 0.15) is 19.3 Å². The van der Waals surface area contributed by atoms with E-state index in [0.717, 1.165) is 12.8 Å². The maximum absolute atomic E-state index is 12.4. The van der Waals surface area contributed by atoms with Crippen molar-refractivity contribution in [3.63, 3.8) is 0 Å². The third kappa shape index (κ3) is 19.8. The van der Waals surface area contributed by atoms with Gasteiger partial charge in [0.25, 0.3) is 0 Å². The summed E-state index contributed by atoms with van der Waals surface area (Å²) < 4.78 is 26.7. The number of rotatable bonds is 22. The zero-order valence-corrected chi connectivity index (χ0v) is 17.6. The molecule has 9 nitrogen and oxygen atoms in total. The molecule has 9 heteroatoms. The Hall–Kier alpha value is -1.25. The first kappa shape index (κ1) is 27.8. The van der Waals surface area contributed by atoms with Crippen LogP contribution in [-0.4, -0.2) is 103 Å². The lowest BCUT2D eigenvalue weighted by Crippen LogP contribution is -2.36. The molecular weight excluding hydrogens is 378 g/mol. The van der Waals surface area contributed by atoms with Gasteiger partial charge in [-0.3, -0.25) is 4.79 Å². The molecule has 0 aromatic carbocycles. The molecule has 0 aromatic heterocycles. The monoisotopic (exact) mass is 417 g/mol. The van der Waals surface area contributed by atoms with E-state index in [2.05, 4.69) is 5.92 Å². The summed E-state index contributed by atoms with van der Waals surface area (Å²) in [6, 6.07) is 0. The summed E-state index contributed by atoms with van der Waals surface area (Å²) in [6.07, 6.45) is 7.17. The van der Waals surface area contributed by atoms with Gasteiger partial charge < -0.3 is 40.1 Å². The topological polar surface area (TPSA) is 118 Å². The molecule has 29 heavy (non-hydrogen) atoms. The summed E-state index contributed by atoms with van der Waals surface area (Å²) >= 11 is 0. The molecule has 1 amide bonds. The summed E-state index contributed by atoms with van der Waals surface area (Å²) in [4.78, 5) is 14.2. The van der Waals surface area contributed by atoms with Crippen molar-refractivity contribution in [2.75, 3.05) is 92.2 Å². The maximum atomic E-state index is 12.4. The van der Waals surface area contributed by atoms with E-state index in [1.165, 1.54) is 0 Å². The minimum atomic E-state index is 0.0553. The van der Waals surface area contributed by atoms with Crippen LogP contribution in [0.3, 0.4) is 0 Å². The quantitative estimate of drug-likeness (QED) is 0.181. The van der Waals surface area contributed by atoms with Crippen molar-refractivity contribution in [3.05, 3.63) is 0 Å². The van der Waals surface area contributed by atoms with E-state index >= 15 is 0 Å². The van der Waals surface area contributed by atoms with Crippen LogP contribution in [0.15, 0.2) is 0 Å². The second kappa shape index (κ2) is 23.0. The number of nitrogens with zero attached hydrogens (tertiary/aromatic N) is 1. The number of ether oxygens (including phenoxy) is 5. The summed E-state index contributed by atoms with van der Waals surface area (Å²) in [7, 11) is 0. The average Bonchev–Trinajstić information content (AvgIpc) is 2.73. The van der Waals surface area contributed by atoms with Gasteiger partial charge in [-0.05, 0) is 19.4 Å². The molecule has 0 aromatic rings. The summed E-state index contributed by atoms with van der Waals surface area (Å²) in [5.41, 5.74) is 10.9. The minimum absolute atomic E-state index is 0.0553. The van der Waals surface area contributed by atoms with Crippen LogP contribution in [0.5, 0.6) is 0 Å². The summed E-state index contributed by atoms with van der Waals surface area (Å²) in [5.74, 6) is 2.44. The van der Waals surface area contributed by atoms with Gasteiger partial charge in [-0.2, -0.15) is 0 Å². The summed E-state index contributed by atoms with van der Waals surface area (Å²) in [6.45, 7) is 6.81. The number of carbonyl (C=O) groups excluding carboxylic acids is 1. The Balaban J connectivity index is 3.66. The van der Waals surface area contributed by atoms with Crippen molar-refractivity contribution in [1.82, 2.24) is 4.90 Å². The lowest BCUT2D eigenvalue weighted by molar-refractivity contribution is -0.133. The number of nitrogens with two attached hydrogens (primary N) is 2. The van der Waals surface area contributed by atoms with Crippen LogP contribution in [0.25, 0.3) is 0 Å². The zero-order chi connectivity index (χ0) is 21.4. The molecule has 4 N–H and O–H groups in total. The number of terminal acetylenes is 1. The van der Waals surface area contributed by atoms with Crippen LogP contribution in [0.4, 0.5) is 0 Å². The fourth-order valence-corrected chi connectivity index (χ4v) is 2.28. The molecule has 0 aliphatic rings. The third-order valence-corrected chi connectivity index (χ3v) is 3.76. The number of hydrogen-bond donors (Lipinski definition) is 2. The SMILES string of the molecule is C#CCOCCOCCOCCOCCC(=O)N(CCCCN)CCOCCN. The fourth-order valence-electron chi connectivity index (χ4n) is 2.28. The first-order valence-electron chi connectivity index (χ1n) is 10.3. The largest absolute Gasteiger partial charge is 0.379 e. The molecule has 0 bridgehead atoms. The van der Waals surface area contributed by atoms with Crippen molar-refractivity contribution in [3.8, 4) is 12.3 Å². The van der Waals surface area contributed by atoms with Crippen molar-refractivity contribution < 1.29 is 28.5 Å². The van der Waals surface area contributed by atoms with E-state index in [-0.39, 0.29) is 5.91 Å². The van der Waals surface area contributed by atoms with Crippen LogP contribution in [0.2, 0.25) is 0 Å². The van der Waals surface area contributed by atoms with Gasteiger partial charge in [0.15, 0.2) is 0 Å². The molecule has 0 atom stereocenters. The van der Waals surface area contributed by atoms with Gasteiger partial charge in [-0.1, -0.05) is 5.92 Å². The van der Waals surface area contributed by atoms with E-state index in [0.29, 0.717) is 98.7 Å². The molecule has 0 saturated carbocycles. The van der Waals surface area contributed by atoms with Gasteiger partial charge >= 0.3 is 0 Å². The summed E-state index contributed by atoms with van der Waals surface area (Å²) in [5, 5.41) is 0. The Bertz CT molecular complexity index is 406. The highest BCUT2D eigenvalue weighted by molar-refractivity contribution is 5.76. The first-order valence-corrected chi connectivity index (χ1v) is 10.3. The molecule has 0 aliphatic carbocycles. The van der Waals surface area contributed by atoms with Crippen LogP contribution < -0.4 is 11.5 Å². The van der Waals surface area contributed by atoms with E-state index in [1.807, 2.05) is 0 Å². The third-order valence-electron chi connectivity index (χ3n) is 3.76. The van der Waals surface area contributed by atoms with E-state index < -0.39 is 0 Å². The van der Waals surface area contributed by atoms with Crippen molar-refractivity contribution in [1.29, 1.82) is 0 Å². The molecule has 0 saturated heterocycles. The molecule has 0 fully saturated rings. The predicted octanol–water partition coefficient (Wildman–Crippen LogP) is -0.381. The highest BCUT2D eigenvalue weighted by Gasteiger charge is 2.12. The maximum Gasteiger partial charge on any atom is 0.224 e. The van der Waals surface area contributed by atoms with Gasteiger partial charge in [0.1, 0.15) is 6.61 Å². The Labute approximate surface area is 175 Å². The highest BCUT2D eigenvalue weighted by atomic mass is 16.6. The number of unbranched alkanes of at least 4 members (excludes halogenated alkanes) is 1. The van der Waals surface area contributed by atoms with E-state index in [9.17, 15) is 4.79 Å². The van der Waals surface area contributed by atoms with Gasteiger partial charge in [0.05, 0.1) is 65.9 Å².